The number of amides is 1. The van der Waals surface area contributed by atoms with Crippen LogP contribution in [0.25, 0.3) is 0 Å². The molecule has 0 unspecified atom stereocenters. The Labute approximate surface area is 267 Å². The second-order valence-electron chi connectivity index (χ2n) is 11.9. The third-order valence-corrected chi connectivity index (χ3v) is 8.57. The average molecular weight is 692 g/mol. The molecule has 20 atom stereocenters. The number of rotatable bonds is 10. The number of hydrogen-bond acceptors (Lipinski definition) is 20. The topological polar surface area (TPSA) is 336 Å². The van der Waals surface area contributed by atoms with Crippen LogP contribution in [-0.2, 0) is 38.0 Å². The summed E-state index contributed by atoms with van der Waals surface area (Å²) >= 11 is 0. The van der Waals surface area contributed by atoms with E-state index < -0.39 is 148 Å². The van der Waals surface area contributed by atoms with Crippen molar-refractivity contribution >= 4 is 5.91 Å². The fraction of sp³-hybridized carbons (Fsp3) is 0.962. The summed E-state index contributed by atoms with van der Waals surface area (Å²) in [5.74, 6) is -0.678. The zero-order chi connectivity index (χ0) is 34.9. The van der Waals surface area contributed by atoms with Crippen molar-refractivity contribution in [2.24, 2.45) is 0 Å². The van der Waals surface area contributed by atoms with Crippen molar-refractivity contribution in [3.8, 4) is 0 Å². The van der Waals surface area contributed by atoms with E-state index in [0.717, 1.165) is 6.92 Å². The molecule has 0 radical (unpaired) electrons. The van der Waals surface area contributed by atoms with Crippen molar-refractivity contribution in [1.29, 1.82) is 0 Å². The van der Waals surface area contributed by atoms with Gasteiger partial charge >= 0.3 is 0 Å². The van der Waals surface area contributed by atoms with Gasteiger partial charge in [-0.25, -0.2) is 0 Å². The highest BCUT2D eigenvalue weighted by atomic mass is 16.8. The largest absolute Gasteiger partial charge is 0.394 e. The Morgan fingerprint density at radius 3 is 1.62 bits per heavy atom. The quantitative estimate of drug-likeness (QED) is 0.101. The highest BCUT2D eigenvalue weighted by molar-refractivity contribution is 5.73. The van der Waals surface area contributed by atoms with Crippen molar-refractivity contribution in [3.63, 3.8) is 0 Å². The lowest BCUT2D eigenvalue weighted by atomic mass is 9.94. The molecule has 1 amide bonds. The summed E-state index contributed by atoms with van der Waals surface area (Å²) in [6.45, 7) is -0.164. The maximum Gasteiger partial charge on any atom is 0.217 e. The molecule has 0 saturated carbocycles. The molecule has 0 aliphatic carbocycles. The molecular weight excluding hydrogens is 646 g/mol. The number of ether oxygens (including phenoxy) is 7. The van der Waals surface area contributed by atoms with E-state index >= 15 is 0 Å². The Bertz CT molecular complexity index is 1010. The molecule has 0 bridgehead atoms. The molecule has 4 saturated heterocycles. The van der Waals surface area contributed by atoms with Crippen LogP contribution in [0.3, 0.4) is 0 Å². The maximum atomic E-state index is 11.7. The fourth-order valence-electron chi connectivity index (χ4n) is 5.86. The Morgan fingerprint density at radius 1 is 0.553 bits per heavy atom. The van der Waals surface area contributed by atoms with Gasteiger partial charge in [-0.15, -0.1) is 0 Å². The van der Waals surface area contributed by atoms with Gasteiger partial charge in [0, 0.05) is 6.92 Å². The summed E-state index contributed by atoms with van der Waals surface area (Å²) in [6.07, 6.45) is -33.1. The smallest absolute Gasteiger partial charge is 0.217 e. The molecule has 47 heavy (non-hydrogen) atoms. The van der Waals surface area contributed by atoms with Crippen LogP contribution in [0.5, 0.6) is 0 Å². The average Bonchev–Trinajstić information content (AvgIpc) is 3.04. The molecule has 21 heteroatoms. The molecular formula is C26H45NO20. The van der Waals surface area contributed by atoms with Gasteiger partial charge in [-0.1, -0.05) is 0 Å². The molecule has 0 aromatic heterocycles. The lowest BCUT2D eigenvalue weighted by Crippen LogP contribution is -2.69. The molecule has 21 nitrogen and oxygen atoms in total. The van der Waals surface area contributed by atoms with Gasteiger partial charge in [-0.3, -0.25) is 4.79 Å². The first-order valence-corrected chi connectivity index (χ1v) is 15.0. The minimum atomic E-state index is -1.99. The van der Waals surface area contributed by atoms with Gasteiger partial charge in [0.05, 0.1) is 25.9 Å². The van der Waals surface area contributed by atoms with Crippen molar-refractivity contribution < 1.29 is 99.2 Å². The zero-order valence-corrected chi connectivity index (χ0v) is 25.3. The van der Waals surface area contributed by atoms with E-state index in [1.54, 1.807) is 0 Å². The number of carbonyl (C=O) groups is 1. The van der Waals surface area contributed by atoms with Crippen molar-refractivity contribution in [3.05, 3.63) is 0 Å². The van der Waals surface area contributed by atoms with E-state index in [1.165, 1.54) is 6.92 Å². The summed E-state index contributed by atoms with van der Waals surface area (Å²) in [5, 5.41) is 127. The summed E-state index contributed by atoms with van der Waals surface area (Å²) in [7, 11) is 0. The van der Waals surface area contributed by atoms with Crippen LogP contribution >= 0.6 is 0 Å². The van der Waals surface area contributed by atoms with Crippen molar-refractivity contribution in [2.75, 3.05) is 19.8 Å². The van der Waals surface area contributed by atoms with Gasteiger partial charge in [0.1, 0.15) is 91.5 Å². The molecule has 4 aliphatic heterocycles. The monoisotopic (exact) mass is 691 g/mol. The highest BCUT2D eigenvalue weighted by Gasteiger charge is 2.56. The lowest BCUT2D eigenvalue weighted by Gasteiger charge is -2.50. The maximum absolute atomic E-state index is 11.7. The summed E-state index contributed by atoms with van der Waals surface area (Å²) < 4.78 is 39.6. The minimum absolute atomic E-state index is 0.678. The Balaban J connectivity index is 1.71. The molecule has 4 aliphatic rings. The zero-order valence-electron chi connectivity index (χ0n) is 25.3. The third-order valence-electron chi connectivity index (χ3n) is 8.57. The molecule has 0 aromatic rings. The lowest BCUT2D eigenvalue weighted by molar-refractivity contribution is -0.402. The van der Waals surface area contributed by atoms with E-state index in [9.17, 15) is 66.1 Å². The van der Waals surface area contributed by atoms with E-state index in [4.69, 9.17) is 33.2 Å². The SMILES string of the molecule is CC(=O)N[C@@H]1[C@@H](O)[C@@H](O[C@@H]2O[C@H](CO)[C@H](O)[C@H](O[C@H]3O[C@H](CO)[C@H](O)[C@H](O)[C@H]3O)[C@H]2O[C@@H]2O[C@@H](C)[C@@H](O)[C@@H](O)[C@@H]2O)[C@@H](CO)O[C@H]1O. The molecule has 13 N–H and O–H groups in total. The van der Waals surface area contributed by atoms with Gasteiger partial charge in [-0.05, 0) is 6.92 Å². The van der Waals surface area contributed by atoms with Crippen molar-refractivity contribution in [1.82, 2.24) is 5.32 Å². The normalized spacial score (nSPS) is 51.0. The summed E-state index contributed by atoms with van der Waals surface area (Å²) in [4.78, 5) is 11.7. The highest BCUT2D eigenvalue weighted by Crippen LogP contribution is 2.35. The fourth-order valence-corrected chi connectivity index (χ4v) is 5.86. The van der Waals surface area contributed by atoms with E-state index in [1.807, 2.05) is 0 Å². The summed E-state index contributed by atoms with van der Waals surface area (Å²) in [6, 6.07) is -1.50. The number of nitrogens with one attached hydrogen (secondary N) is 1. The Morgan fingerprint density at radius 2 is 1.04 bits per heavy atom. The van der Waals surface area contributed by atoms with Gasteiger partial charge in [0.15, 0.2) is 25.2 Å². The van der Waals surface area contributed by atoms with Crippen LogP contribution in [-0.4, -0.2) is 210 Å². The molecule has 4 rings (SSSR count). The van der Waals surface area contributed by atoms with E-state index in [0.29, 0.717) is 0 Å². The van der Waals surface area contributed by atoms with Gasteiger partial charge in [-0.2, -0.15) is 0 Å². The van der Waals surface area contributed by atoms with Gasteiger partial charge in [0.25, 0.3) is 0 Å². The van der Waals surface area contributed by atoms with Crippen LogP contribution in [0.1, 0.15) is 13.8 Å². The molecule has 0 aromatic carbocycles. The van der Waals surface area contributed by atoms with Gasteiger partial charge < -0.3 is 99.8 Å². The second-order valence-corrected chi connectivity index (χ2v) is 11.9. The first-order chi connectivity index (χ1) is 22.1. The van der Waals surface area contributed by atoms with E-state index in [-0.39, 0.29) is 0 Å². The Kier molecular flexibility index (Phi) is 13.2. The number of aliphatic hydroxyl groups is 12. The number of aliphatic hydroxyl groups excluding tert-OH is 12. The molecule has 4 fully saturated rings. The van der Waals surface area contributed by atoms with Crippen LogP contribution in [0, 0.1) is 0 Å². The third kappa shape index (κ3) is 8.04. The number of hydrogen-bond donors (Lipinski definition) is 13. The summed E-state index contributed by atoms with van der Waals surface area (Å²) in [5.41, 5.74) is 0. The first-order valence-electron chi connectivity index (χ1n) is 15.0. The molecule has 4 heterocycles. The second kappa shape index (κ2) is 16.2. The molecule has 274 valence electrons. The Hall–Kier alpha value is -1.29. The van der Waals surface area contributed by atoms with Gasteiger partial charge in [0.2, 0.25) is 5.91 Å². The standard InChI is InChI=1S/C26H45NO20/c1-6-12(32)16(36)18(38)24(41-6)47-22-21(46-25-19(39)17(37)13(33)8(3-28)43-25)14(34)9(4-29)44-26(22)45-20-10(5-30)42-23(40)11(15(20)35)27-7(2)31/h6,8-26,28-30,32-40H,3-5H2,1-2H3,(H,27,31)/t6-,8+,9+,10+,11+,12+,13-,14-,15+,16+,17-,18-,19+,20-,21-,22+,23+,24-,25+,26-/m0/s1. The minimum Gasteiger partial charge on any atom is -0.394 e. The van der Waals surface area contributed by atoms with E-state index in [2.05, 4.69) is 5.32 Å². The first kappa shape index (κ1) is 38.5. The molecule has 0 spiro atoms. The van der Waals surface area contributed by atoms with Crippen LogP contribution in [0.4, 0.5) is 0 Å². The number of carbonyl (C=O) groups excluding carboxylic acids is 1. The predicted molar refractivity (Wildman–Crippen MR) is 144 cm³/mol. The van der Waals surface area contributed by atoms with Crippen LogP contribution in [0.2, 0.25) is 0 Å². The predicted octanol–water partition coefficient (Wildman–Crippen LogP) is -8.58. The van der Waals surface area contributed by atoms with Crippen LogP contribution in [0.15, 0.2) is 0 Å². The van der Waals surface area contributed by atoms with Crippen molar-refractivity contribution in [2.45, 2.75) is 137 Å². The van der Waals surface area contributed by atoms with Crippen LogP contribution < -0.4 is 5.32 Å².